The fourth-order valence-corrected chi connectivity index (χ4v) is 4.27. The molecule has 0 aliphatic rings. The Labute approximate surface area is 138 Å². The monoisotopic (exact) mass is 338 g/mol. The van der Waals surface area contributed by atoms with Crippen LogP contribution in [-0.4, -0.2) is 13.3 Å². The number of hydrogen-bond donors (Lipinski definition) is 0. The maximum absolute atomic E-state index is 6.32. The van der Waals surface area contributed by atoms with Crippen LogP contribution in [0.3, 0.4) is 0 Å². The van der Waals surface area contributed by atoms with Gasteiger partial charge >= 0.3 is 0 Å². The first-order chi connectivity index (χ1) is 9.56. The highest BCUT2D eigenvalue weighted by atomic mass is 35.6. The van der Waals surface area contributed by atoms with Crippen molar-refractivity contribution in [3.63, 3.8) is 0 Å². The second kappa shape index (κ2) is 14.7. The molecule has 0 nitrogen and oxygen atoms in total. The molecule has 0 bridgehead atoms. The minimum atomic E-state index is -1.30. The lowest BCUT2D eigenvalue weighted by Crippen LogP contribution is -2.14. The number of rotatable bonds is 15. The zero-order chi connectivity index (χ0) is 15.1. The molecule has 0 saturated heterocycles. The summed E-state index contributed by atoms with van der Waals surface area (Å²) >= 11 is 12.0. The van der Waals surface area contributed by atoms with Crippen LogP contribution in [0.25, 0.3) is 0 Å². The van der Waals surface area contributed by atoms with Crippen molar-refractivity contribution in [3.05, 3.63) is 0 Å². The van der Waals surface area contributed by atoms with E-state index in [1.807, 2.05) is 0 Å². The summed E-state index contributed by atoms with van der Waals surface area (Å²) < 4.78 is 0. The highest BCUT2D eigenvalue weighted by Crippen LogP contribution is 2.19. The van der Waals surface area contributed by atoms with E-state index < -0.39 is 7.38 Å². The molecular weight excluding hydrogens is 303 g/mol. The van der Waals surface area contributed by atoms with Crippen LogP contribution in [0.15, 0.2) is 0 Å². The van der Waals surface area contributed by atoms with E-state index in [4.69, 9.17) is 22.7 Å². The Balaban J connectivity index is 2.99. The molecule has 0 saturated carbocycles. The van der Waals surface area contributed by atoms with Crippen LogP contribution >= 0.6 is 22.7 Å². The van der Waals surface area contributed by atoms with Gasteiger partial charge < -0.3 is 0 Å². The largest absolute Gasteiger partial charge is 0.168 e. The zero-order valence-corrected chi connectivity index (χ0v) is 16.4. The molecule has 0 heterocycles. The lowest BCUT2D eigenvalue weighted by molar-refractivity contribution is 0.542. The van der Waals surface area contributed by atoms with Crippen LogP contribution in [0, 0.1) is 0 Å². The lowest BCUT2D eigenvalue weighted by Gasteiger charge is -2.11. The second-order valence-electron chi connectivity index (χ2n) is 6.75. The van der Waals surface area contributed by atoms with Crippen molar-refractivity contribution in [1.29, 1.82) is 0 Å². The Morgan fingerprint density at radius 1 is 0.550 bits per heavy atom. The highest BCUT2D eigenvalue weighted by molar-refractivity contribution is 7.19. The maximum atomic E-state index is 6.32. The quantitative estimate of drug-likeness (QED) is 0.124. The van der Waals surface area contributed by atoms with Crippen molar-refractivity contribution in [2.24, 2.45) is 0 Å². The summed E-state index contributed by atoms with van der Waals surface area (Å²) in [6, 6.07) is 1.29. The summed E-state index contributed by atoms with van der Waals surface area (Å²) in [6.45, 7) is 4.51. The first kappa shape index (κ1) is 20.8. The van der Waals surface area contributed by atoms with Gasteiger partial charge in [-0.25, -0.2) is 0 Å². The Bertz CT molecular complexity index is 190. The van der Waals surface area contributed by atoms with Crippen molar-refractivity contribution in [1.82, 2.24) is 0 Å². The third kappa shape index (κ3) is 18.8. The fraction of sp³-hybridized carbons (Fsp3) is 1.00. The minimum absolute atomic E-state index is 0.838. The minimum Gasteiger partial charge on any atom is -0.168 e. The molecule has 0 unspecified atom stereocenters. The molecule has 0 aromatic heterocycles. The molecule has 122 valence electrons. The van der Waals surface area contributed by atoms with Crippen LogP contribution < -0.4 is 0 Å². The SMILES string of the molecule is C[Si](C)(Cl)CCCCCCCCCCCCCCCCl. The van der Waals surface area contributed by atoms with Gasteiger partial charge in [-0.3, -0.25) is 0 Å². The van der Waals surface area contributed by atoms with E-state index in [2.05, 4.69) is 13.1 Å². The van der Waals surface area contributed by atoms with E-state index in [0.29, 0.717) is 0 Å². The van der Waals surface area contributed by atoms with Gasteiger partial charge in [0.15, 0.2) is 0 Å². The highest BCUT2D eigenvalue weighted by Gasteiger charge is 2.15. The van der Waals surface area contributed by atoms with Gasteiger partial charge in [-0.05, 0) is 12.5 Å². The Hall–Kier alpha value is 0.797. The van der Waals surface area contributed by atoms with E-state index in [0.717, 1.165) is 5.88 Å². The van der Waals surface area contributed by atoms with E-state index in [9.17, 15) is 0 Å². The van der Waals surface area contributed by atoms with E-state index in [1.54, 1.807) is 0 Å². The third-order valence-electron chi connectivity index (χ3n) is 3.90. The van der Waals surface area contributed by atoms with Gasteiger partial charge in [0, 0.05) is 5.88 Å². The Morgan fingerprint density at radius 2 is 0.850 bits per heavy atom. The van der Waals surface area contributed by atoms with Gasteiger partial charge in [0.1, 0.15) is 7.38 Å². The molecule has 0 atom stereocenters. The number of halogens is 2. The summed E-state index contributed by atoms with van der Waals surface area (Å²) in [7, 11) is -1.30. The summed E-state index contributed by atoms with van der Waals surface area (Å²) in [6.07, 6.45) is 18.1. The van der Waals surface area contributed by atoms with Crippen molar-refractivity contribution in [3.8, 4) is 0 Å². The van der Waals surface area contributed by atoms with Crippen LogP contribution in [0.5, 0.6) is 0 Å². The van der Waals surface area contributed by atoms with Crippen LogP contribution in [0.4, 0.5) is 0 Å². The molecule has 0 amide bonds. The molecule has 0 spiro atoms. The Kier molecular flexibility index (Phi) is 15.3. The number of unbranched alkanes of at least 4 members (excludes halogenated alkanes) is 12. The molecule has 0 aliphatic carbocycles. The molecule has 3 heteroatoms. The normalized spacial score (nSPS) is 12.0. The molecule has 0 aromatic rings. The smallest absolute Gasteiger partial charge is 0.150 e. The van der Waals surface area contributed by atoms with Gasteiger partial charge in [0.2, 0.25) is 0 Å². The van der Waals surface area contributed by atoms with Crippen molar-refractivity contribution < 1.29 is 0 Å². The standard InChI is InChI=1S/C17H36Cl2Si/c1-20(2,19)17-15-13-11-9-7-5-3-4-6-8-10-12-14-16-18/h3-17H2,1-2H3. The van der Waals surface area contributed by atoms with Crippen LogP contribution in [0.1, 0.15) is 83.5 Å². The third-order valence-corrected chi connectivity index (χ3v) is 6.28. The Morgan fingerprint density at radius 3 is 1.15 bits per heavy atom. The summed E-state index contributed by atoms with van der Waals surface area (Å²) in [5.41, 5.74) is 0. The van der Waals surface area contributed by atoms with Gasteiger partial charge in [-0.1, -0.05) is 90.1 Å². The van der Waals surface area contributed by atoms with Crippen LogP contribution in [-0.2, 0) is 0 Å². The molecule has 0 aromatic carbocycles. The summed E-state index contributed by atoms with van der Waals surface area (Å²) in [5, 5.41) is 0. The molecule has 0 aliphatic heterocycles. The van der Waals surface area contributed by atoms with Gasteiger partial charge in [-0.15, -0.1) is 11.6 Å². The number of hydrogen-bond acceptors (Lipinski definition) is 0. The molecule has 0 fully saturated rings. The number of alkyl halides is 1. The summed E-state index contributed by atoms with van der Waals surface area (Å²) in [4.78, 5) is 0. The van der Waals surface area contributed by atoms with E-state index >= 15 is 0 Å². The summed E-state index contributed by atoms with van der Waals surface area (Å²) in [5.74, 6) is 0.838. The topological polar surface area (TPSA) is 0 Å². The van der Waals surface area contributed by atoms with Crippen LogP contribution in [0.2, 0.25) is 19.1 Å². The fourth-order valence-electron chi connectivity index (χ4n) is 2.58. The molecule has 20 heavy (non-hydrogen) atoms. The van der Waals surface area contributed by atoms with Gasteiger partial charge in [0.05, 0.1) is 0 Å². The zero-order valence-electron chi connectivity index (χ0n) is 13.9. The average molecular weight is 339 g/mol. The molecular formula is C17H36Cl2Si. The van der Waals surface area contributed by atoms with Crippen molar-refractivity contribution in [2.75, 3.05) is 5.88 Å². The molecule has 0 radical (unpaired) electrons. The van der Waals surface area contributed by atoms with Crippen molar-refractivity contribution in [2.45, 2.75) is 103 Å². The first-order valence-corrected chi connectivity index (χ1v) is 13.6. The van der Waals surface area contributed by atoms with E-state index in [1.165, 1.54) is 89.5 Å². The predicted molar refractivity (Wildman–Crippen MR) is 98.9 cm³/mol. The van der Waals surface area contributed by atoms with Gasteiger partial charge in [0.25, 0.3) is 0 Å². The second-order valence-corrected chi connectivity index (χ2v) is 14.1. The molecule has 0 rings (SSSR count). The first-order valence-electron chi connectivity index (χ1n) is 8.81. The lowest BCUT2D eigenvalue weighted by atomic mass is 10.0. The average Bonchev–Trinajstić information content (AvgIpc) is 2.38. The predicted octanol–water partition coefficient (Wildman–Crippen LogP) is 7.74. The van der Waals surface area contributed by atoms with Gasteiger partial charge in [-0.2, -0.15) is 11.1 Å². The van der Waals surface area contributed by atoms with E-state index in [-0.39, 0.29) is 0 Å². The van der Waals surface area contributed by atoms with Crippen molar-refractivity contribution >= 4 is 30.1 Å². The maximum Gasteiger partial charge on any atom is 0.150 e. The molecule has 0 N–H and O–H groups in total.